The Labute approximate surface area is 123 Å². The lowest BCUT2D eigenvalue weighted by atomic mass is 10.4. The smallest absolute Gasteiger partial charge is 0.224 e. The van der Waals surface area contributed by atoms with Gasteiger partial charge in [0.2, 0.25) is 5.95 Å². The quantitative estimate of drug-likeness (QED) is 0.867. The Balaban J connectivity index is 1.96. The van der Waals surface area contributed by atoms with E-state index < -0.39 is 0 Å². The Morgan fingerprint density at radius 3 is 2.84 bits per heavy atom. The number of rotatable bonds is 6. The second kappa shape index (κ2) is 7.05. The normalized spacial score (nSPS) is 15.7. The van der Waals surface area contributed by atoms with Crippen molar-refractivity contribution in [1.29, 1.82) is 0 Å². The molecule has 1 aliphatic heterocycles. The number of nitrogens with one attached hydrogen (secondary N) is 1. The first-order valence-electron chi connectivity index (χ1n) is 6.90. The van der Waals surface area contributed by atoms with Gasteiger partial charge in [-0.3, -0.25) is 0 Å². The third kappa shape index (κ3) is 4.04. The van der Waals surface area contributed by atoms with Crippen molar-refractivity contribution in [3.05, 3.63) is 10.7 Å². The molecule has 0 atom stereocenters. The Morgan fingerprint density at radius 2 is 2.16 bits per heavy atom. The lowest BCUT2D eigenvalue weighted by molar-refractivity contribution is 0.346. The summed E-state index contributed by atoms with van der Waals surface area (Å²) in [4.78, 5) is 13.5. The molecule has 0 bridgehead atoms. The van der Waals surface area contributed by atoms with Crippen LogP contribution in [0.4, 0.5) is 11.8 Å². The fourth-order valence-corrected chi connectivity index (χ4v) is 2.77. The Kier molecular flexibility index (Phi) is 5.39. The molecule has 19 heavy (non-hydrogen) atoms. The fourth-order valence-electron chi connectivity index (χ4n) is 2.27. The van der Waals surface area contributed by atoms with Crippen molar-refractivity contribution in [2.75, 3.05) is 50.0 Å². The molecule has 5 nitrogen and oxygen atoms in total. The van der Waals surface area contributed by atoms with Gasteiger partial charge in [0, 0.05) is 32.9 Å². The monoisotopic (exact) mass is 327 g/mol. The molecule has 1 N–H and O–H groups in total. The number of nitrogens with zero attached hydrogens (tertiary/aromatic N) is 4. The second-order valence-corrected chi connectivity index (χ2v) is 5.72. The van der Waals surface area contributed by atoms with E-state index >= 15 is 0 Å². The predicted octanol–water partition coefficient (Wildman–Crippen LogP) is 2.20. The summed E-state index contributed by atoms with van der Waals surface area (Å²) < 4.78 is 0.943. The van der Waals surface area contributed by atoms with E-state index in [1.54, 1.807) is 0 Å². The average molecular weight is 328 g/mol. The van der Waals surface area contributed by atoms with Gasteiger partial charge in [0.15, 0.2) is 0 Å². The number of halogens is 1. The molecule has 1 saturated heterocycles. The largest absolute Gasteiger partial charge is 0.357 e. The van der Waals surface area contributed by atoms with E-state index in [0.717, 1.165) is 29.9 Å². The van der Waals surface area contributed by atoms with Crippen molar-refractivity contribution in [3.8, 4) is 0 Å². The van der Waals surface area contributed by atoms with E-state index in [9.17, 15) is 0 Å². The Morgan fingerprint density at radius 1 is 1.42 bits per heavy atom. The Hall–Kier alpha value is -0.880. The van der Waals surface area contributed by atoms with Gasteiger partial charge >= 0.3 is 0 Å². The summed E-state index contributed by atoms with van der Waals surface area (Å²) in [6.45, 7) is 7.44. The molecule has 0 unspecified atom stereocenters. The van der Waals surface area contributed by atoms with Crippen LogP contribution in [0.25, 0.3) is 0 Å². The summed E-state index contributed by atoms with van der Waals surface area (Å²) in [6.07, 6.45) is 4.49. The van der Waals surface area contributed by atoms with Gasteiger partial charge in [0.05, 0.1) is 4.47 Å². The topological polar surface area (TPSA) is 44.3 Å². The van der Waals surface area contributed by atoms with Crippen molar-refractivity contribution in [1.82, 2.24) is 14.9 Å². The first-order chi connectivity index (χ1) is 9.20. The zero-order chi connectivity index (χ0) is 13.7. The number of likely N-dealkylation sites (N-methyl/N-ethyl adjacent to an activating group) is 1. The average Bonchev–Trinajstić information content (AvgIpc) is 2.92. The maximum atomic E-state index is 4.55. The van der Waals surface area contributed by atoms with E-state index in [1.165, 1.54) is 25.9 Å². The van der Waals surface area contributed by atoms with Crippen molar-refractivity contribution in [2.24, 2.45) is 0 Å². The highest BCUT2D eigenvalue weighted by Gasteiger charge is 2.14. The number of likely N-dealkylation sites (tertiary alicyclic amines) is 1. The molecule has 0 aromatic carbocycles. The van der Waals surface area contributed by atoms with Crippen LogP contribution in [0.15, 0.2) is 10.7 Å². The predicted molar refractivity (Wildman–Crippen MR) is 82.8 cm³/mol. The SMILES string of the molecule is CCNc1ncc(Br)c(N(C)CCN2CCCC2)n1. The van der Waals surface area contributed by atoms with E-state index in [-0.39, 0.29) is 0 Å². The molecule has 0 saturated carbocycles. The molecule has 0 spiro atoms. The second-order valence-electron chi connectivity index (χ2n) is 4.87. The summed E-state index contributed by atoms with van der Waals surface area (Å²) in [5.74, 6) is 1.64. The molecule has 2 rings (SSSR count). The van der Waals surface area contributed by atoms with Gasteiger partial charge in [-0.2, -0.15) is 4.98 Å². The first kappa shape index (κ1) is 14.5. The highest BCUT2D eigenvalue weighted by Crippen LogP contribution is 2.23. The van der Waals surface area contributed by atoms with Crippen molar-refractivity contribution in [3.63, 3.8) is 0 Å². The third-order valence-corrected chi connectivity index (χ3v) is 3.93. The highest BCUT2D eigenvalue weighted by atomic mass is 79.9. The number of anilines is 2. The molecule has 0 radical (unpaired) electrons. The summed E-state index contributed by atoms with van der Waals surface area (Å²) in [5.41, 5.74) is 0. The van der Waals surface area contributed by atoms with Gasteiger partial charge in [-0.05, 0) is 48.8 Å². The van der Waals surface area contributed by atoms with Crippen molar-refractivity contribution in [2.45, 2.75) is 19.8 Å². The van der Waals surface area contributed by atoms with Crippen LogP contribution >= 0.6 is 15.9 Å². The summed E-state index contributed by atoms with van der Waals surface area (Å²) in [6, 6.07) is 0. The fraction of sp³-hybridized carbons (Fsp3) is 0.692. The van der Waals surface area contributed by atoms with Gasteiger partial charge in [0.25, 0.3) is 0 Å². The van der Waals surface area contributed by atoms with E-state index in [1.807, 2.05) is 13.1 Å². The molecule has 1 aromatic heterocycles. The summed E-state index contributed by atoms with van der Waals surface area (Å²) >= 11 is 3.53. The molecule has 2 heterocycles. The number of aromatic nitrogens is 2. The summed E-state index contributed by atoms with van der Waals surface area (Å²) in [7, 11) is 2.08. The van der Waals surface area contributed by atoms with E-state index in [4.69, 9.17) is 0 Å². The molecule has 6 heteroatoms. The zero-order valence-electron chi connectivity index (χ0n) is 11.7. The maximum absolute atomic E-state index is 4.55. The van der Waals surface area contributed by atoms with Gasteiger partial charge in [0.1, 0.15) is 5.82 Å². The molecule has 0 aliphatic carbocycles. The van der Waals surface area contributed by atoms with Crippen LogP contribution in [0, 0.1) is 0 Å². The van der Waals surface area contributed by atoms with Crippen LogP contribution in [0.1, 0.15) is 19.8 Å². The molecular weight excluding hydrogens is 306 g/mol. The van der Waals surface area contributed by atoms with Crippen LogP contribution in [0.5, 0.6) is 0 Å². The van der Waals surface area contributed by atoms with Crippen LogP contribution in [0.3, 0.4) is 0 Å². The minimum atomic E-state index is 0.689. The van der Waals surface area contributed by atoms with Crippen LogP contribution < -0.4 is 10.2 Å². The lowest BCUT2D eigenvalue weighted by Crippen LogP contribution is -2.32. The van der Waals surface area contributed by atoms with Gasteiger partial charge in [-0.25, -0.2) is 4.98 Å². The van der Waals surface area contributed by atoms with Crippen LogP contribution in [-0.4, -0.2) is 54.6 Å². The minimum Gasteiger partial charge on any atom is -0.357 e. The van der Waals surface area contributed by atoms with E-state index in [0.29, 0.717) is 5.95 Å². The van der Waals surface area contributed by atoms with E-state index in [2.05, 4.69) is 48.1 Å². The zero-order valence-corrected chi connectivity index (χ0v) is 13.3. The first-order valence-corrected chi connectivity index (χ1v) is 7.70. The highest BCUT2D eigenvalue weighted by molar-refractivity contribution is 9.10. The lowest BCUT2D eigenvalue weighted by Gasteiger charge is -2.23. The molecule has 106 valence electrons. The number of hydrogen-bond donors (Lipinski definition) is 1. The Bertz CT molecular complexity index is 406. The molecule has 1 aromatic rings. The minimum absolute atomic E-state index is 0.689. The van der Waals surface area contributed by atoms with Crippen LogP contribution in [-0.2, 0) is 0 Å². The van der Waals surface area contributed by atoms with Crippen molar-refractivity contribution < 1.29 is 0 Å². The maximum Gasteiger partial charge on any atom is 0.224 e. The number of hydrogen-bond acceptors (Lipinski definition) is 5. The van der Waals surface area contributed by atoms with Gasteiger partial charge in [-0.15, -0.1) is 0 Å². The molecule has 0 amide bonds. The molecule has 1 aliphatic rings. The molecule has 1 fully saturated rings. The molecular formula is C13H22BrN5. The standard InChI is InChI=1S/C13H22BrN5/c1-3-15-13-16-10-11(14)12(17-13)18(2)8-9-19-6-4-5-7-19/h10H,3-9H2,1-2H3,(H,15,16,17). The third-order valence-electron chi connectivity index (χ3n) is 3.37. The van der Waals surface area contributed by atoms with Gasteiger partial charge < -0.3 is 15.1 Å². The van der Waals surface area contributed by atoms with Crippen molar-refractivity contribution >= 4 is 27.7 Å². The van der Waals surface area contributed by atoms with Crippen LogP contribution in [0.2, 0.25) is 0 Å². The van der Waals surface area contributed by atoms with Gasteiger partial charge in [-0.1, -0.05) is 0 Å². The summed E-state index contributed by atoms with van der Waals surface area (Å²) in [5, 5.41) is 3.15.